The predicted molar refractivity (Wildman–Crippen MR) is 68.2 cm³/mol. The van der Waals surface area contributed by atoms with Crippen molar-refractivity contribution >= 4 is 11.6 Å². The normalized spacial score (nSPS) is 23.1. The SMILES string of the molecule is COc1ccc(NC(=O)C(F)(F)N2C(F)(F)C(F)(F)C(F)(F)C2(F)F)cc1. The Bertz CT molecular complexity index is 709. The first-order chi connectivity index (χ1) is 12.0. The summed E-state index contributed by atoms with van der Waals surface area (Å²) in [5.41, 5.74) is -0.565. The third-order valence-corrected chi connectivity index (χ3v) is 3.61. The van der Waals surface area contributed by atoms with Crippen LogP contribution in [0.2, 0.25) is 0 Å². The number of alkyl halides is 10. The van der Waals surface area contributed by atoms with Gasteiger partial charge in [0.15, 0.2) is 0 Å². The molecule has 2 rings (SSSR count). The van der Waals surface area contributed by atoms with Gasteiger partial charge in [0.2, 0.25) is 0 Å². The van der Waals surface area contributed by atoms with Crippen LogP contribution in [0.1, 0.15) is 0 Å². The summed E-state index contributed by atoms with van der Waals surface area (Å²) in [5, 5.41) is 1.20. The molecule has 152 valence electrons. The van der Waals surface area contributed by atoms with Crippen LogP contribution in [0, 0.1) is 0 Å². The molecule has 0 atom stereocenters. The Balaban J connectivity index is 2.42. The highest BCUT2D eigenvalue weighted by atomic mass is 19.4. The summed E-state index contributed by atoms with van der Waals surface area (Å²) in [5.74, 6) is -16.6. The third-order valence-electron chi connectivity index (χ3n) is 3.61. The van der Waals surface area contributed by atoms with E-state index in [1.807, 2.05) is 0 Å². The van der Waals surface area contributed by atoms with Crippen LogP contribution < -0.4 is 10.1 Å². The second-order valence-corrected chi connectivity index (χ2v) is 5.29. The zero-order valence-corrected chi connectivity index (χ0v) is 12.9. The number of hydrogen-bond donors (Lipinski definition) is 1. The van der Waals surface area contributed by atoms with Crippen LogP contribution in [0.25, 0.3) is 0 Å². The second-order valence-electron chi connectivity index (χ2n) is 5.29. The number of halogens is 10. The van der Waals surface area contributed by atoms with E-state index in [4.69, 9.17) is 0 Å². The minimum atomic E-state index is -6.88. The van der Waals surface area contributed by atoms with Crippen molar-refractivity contribution < 1.29 is 53.4 Å². The van der Waals surface area contributed by atoms with Gasteiger partial charge in [-0.15, -0.1) is 4.90 Å². The number of methoxy groups -OCH3 is 1. The van der Waals surface area contributed by atoms with Gasteiger partial charge in [0.25, 0.3) is 0 Å². The molecule has 14 heteroatoms. The molecule has 0 radical (unpaired) electrons. The van der Waals surface area contributed by atoms with Crippen LogP contribution in [-0.2, 0) is 4.79 Å². The molecule has 4 nitrogen and oxygen atoms in total. The molecule has 0 bridgehead atoms. The van der Waals surface area contributed by atoms with Crippen molar-refractivity contribution in [2.24, 2.45) is 0 Å². The summed E-state index contributed by atoms with van der Waals surface area (Å²) in [6, 6.07) is -15.7. The zero-order valence-electron chi connectivity index (χ0n) is 12.9. The topological polar surface area (TPSA) is 41.6 Å². The zero-order chi connectivity index (χ0) is 21.1. The molecule has 0 saturated carbocycles. The van der Waals surface area contributed by atoms with Crippen molar-refractivity contribution in [3.8, 4) is 5.75 Å². The highest BCUT2D eigenvalue weighted by Crippen LogP contribution is 2.65. The molecule has 1 aliphatic heterocycles. The standard InChI is InChI=1S/C13H8F10N2O2/c1-27-7-4-2-6(3-5-7)24-8(26)9(14,15)25-12(20,21)10(16,17)11(18,19)13(25,22)23/h2-5H,1H3,(H,24,26). The maximum atomic E-state index is 13.9. The number of anilines is 1. The first-order valence-electron chi connectivity index (χ1n) is 6.70. The second kappa shape index (κ2) is 5.87. The lowest BCUT2D eigenvalue weighted by atomic mass is 10.2. The number of hydrogen-bond acceptors (Lipinski definition) is 3. The Kier molecular flexibility index (Phi) is 4.58. The number of nitrogens with zero attached hydrogens (tertiary/aromatic N) is 1. The molecule has 0 spiro atoms. The molecule has 0 aromatic heterocycles. The smallest absolute Gasteiger partial charge is 0.394 e. The summed E-state index contributed by atoms with van der Waals surface area (Å²) in [7, 11) is 1.21. The van der Waals surface area contributed by atoms with Gasteiger partial charge < -0.3 is 10.1 Å². The highest BCUT2D eigenvalue weighted by molar-refractivity contribution is 5.96. The fourth-order valence-corrected chi connectivity index (χ4v) is 2.17. The summed E-state index contributed by atoms with van der Waals surface area (Å²) >= 11 is 0. The molecule has 0 aliphatic carbocycles. The quantitative estimate of drug-likeness (QED) is 0.599. The van der Waals surface area contributed by atoms with Crippen molar-refractivity contribution in [1.29, 1.82) is 0 Å². The van der Waals surface area contributed by atoms with Gasteiger partial charge >= 0.3 is 35.9 Å². The minimum Gasteiger partial charge on any atom is -0.497 e. The molecule has 1 heterocycles. The Morgan fingerprint density at radius 2 is 1.33 bits per heavy atom. The van der Waals surface area contributed by atoms with E-state index in [0.717, 1.165) is 24.3 Å². The molecule has 1 saturated heterocycles. The molecule has 1 aliphatic rings. The van der Waals surface area contributed by atoms with Crippen molar-refractivity contribution in [3.05, 3.63) is 24.3 Å². The van der Waals surface area contributed by atoms with Crippen molar-refractivity contribution in [2.75, 3.05) is 12.4 Å². The van der Waals surface area contributed by atoms with Gasteiger partial charge in [0.05, 0.1) is 7.11 Å². The van der Waals surface area contributed by atoms with E-state index in [2.05, 4.69) is 4.74 Å². The summed E-state index contributed by atoms with van der Waals surface area (Å²) in [6.07, 6.45) is 0. The molecule has 1 N–H and O–H groups in total. The Morgan fingerprint density at radius 1 is 0.926 bits per heavy atom. The lowest BCUT2D eigenvalue weighted by Gasteiger charge is -2.33. The first kappa shape index (κ1) is 21.1. The maximum absolute atomic E-state index is 13.9. The van der Waals surface area contributed by atoms with E-state index in [1.165, 1.54) is 12.4 Å². The average Bonchev–Trinajstić information content (AvgIpc) is 2.60. The van der Waals surface area contributed by atoms with Crippen molar-refractivity contribution in [2.45, 2.75) is 30.0 Å². The van der Waals surface area contributed by atoms with Crippen LogP contribution in [0.3, 0.4) is 0 Å². The lowest BCUT2D eigenvalue weighted by molar-refractivity contribution is -0.349. The van der Waals surface area contributed by atoms with E-state index < -0.39 is 46.5 Å². The van der Waals surface area contributed by atoms with E-state index in [-0.39, 0.29) is 5.75 Å². The molecule has 1 amide bonds. The number of carbonyl (C=O) groups excluding carboxylic acids is 1. The molecule has 1 aromatic carbocycles. The van der Waals surface area contributed by atoms with Gasteiger partial charge in [-0.3, -0.25) is 4.79 Å². The predicted octanol–water partition coefficient (Wildman–Crippen LogP) is 4.00. The Hall–Kier alpha value is -2.25. The number of ether oxygens (including phenoxy) is 1. The van der Waals surface area contributed by atoms with Gasteiger partial charge in [-0.2, -0.15) is 43.9 Å². The summed E-state index contributed by atoms with van der Waals surface area (Å²) in [4.78, 5) is 8.41. The number of nitrogens with one attached hydrogen (secondary N) is 1. The van der Waals surface area contributed by atoms with E-state index in [1.54, 1.807) is 0 Å². The molecule has 1 aromatic rings. The van der Waals surface area contributed by atoms with Crippen LogP contribution in [0.15, 0.2) is 24.3 Å². The first-order valence-corrected chi connectivity index (χ1v) is 6.70. The van der Waals surface area contributed by atoms with Crippen LogP contribution in [-0.4, -0.2) is 47.9 Å². The number of likely N-dealkylation sites (tertiary alicyclic amines) is 1. The summed E-state index contributed by atoms with van der Waals surface area (Å²) in [6.45, 7) is 0. The Labute approximate surface area is 143 Å². The van der Waals surface area contributed by atoms with E-state index in [0.29, 0.717) is 0 Å². The molecule has 0 unspecified atom stereocenters. The monoisotopic (exact) mass is 414 g/mol. The van der Waals surface area contributed by atoms with Gasteiger partial charge in [-0.1, -0.05) is 0 Å². The highest BCUT2D eigenvalue weighted by Gasteiger charge is 2.96. The largest absolute Gasteiger partial charge is 0.497 e. The number of amides is 1. The van der Waals surface area contributed by atoms with E-state index in [9.17, 15) is 48.7 Å². The van der Waals surface area contributed by atoms with Gasteiger partial charge in [-0.25, -0.2) is 0 Å². The van der Waals surface area contributed by atoms with Crippen LogP contribution in [0.4, 0.5) is 49.6 Å². The van der Waals surface area contributed by atoms with Crippen LogP contribution >= 0.6 is 0 Å². The fourth-order valence-electron chi connectivity index (χ4n) is 2.17. The minimum absolute atomic E-state index is 0.150. The Morgan fingerprint density at radius 3 is 1.70 bits per heavy atom. The molecule has 1 fully saturated rings. The average molecular weight is 414 g/mol. The maximum Gasteiger partial charge on any atom is 0.394 e. The van der Waals surface area contributed by atoms with Gasteiger partial charge in [0.1, 0.15) is 5.75 Å². The number of carbonyl (C=O) groups is 1. The fraction of sp³-hybridized carbons (Fsp3) is 0.462. The summed E-state index contributed by atoms with van der Waals surface area (Å²) < 4.78 is 138. The van der Waals surface area contributed by atoms with Crippen molar-refractivity contribution in [3.63, 3.8) is 0 Å². The van der Waals surface area contributed by atoms with Crippen molar-refractivity contribution in [1.82, 2.24) is 4.90 Å². The third kappa shape index (κ3) is 2.68. The number of benzene rings is 1. The molecule has 27 heavy (non-hydrogen) atoms. The van der Waals surface area contributed by atoms with Gasteiger partial charge in [0, 0.05) is 5.69 Å². The number of rotatable bonds is 4. The van der Waals surface area contributed by atoms with E-state index >= 15 is 0 Å². The molecular formula is C13H8F10N2O2. The van der Waals surface area contributed by atoms with Crippen LogP contribution in [0.5, 0.6) is 5.75 Å². The molecular weight excluding hydrogens is 406 g/mol. The van der Waals surface area contributed by atoms with Gasteiger partial charge in [-0.05, 0) is 24.3 Å². The lowest BCUT2D eigenvalue weighted by Crippen LogP contribution is -2.63.